The minimum atomic E-state index is -0.0435. The maximum absolute atomic E-state index is 5.24. The molecule has 0 saturated carbocycles. The lowest BCUT2D eigenvalue weighted by molar-refractivity contribution is 0.405. The van der Waals surface area contributed by atoms with E-state index in [-0.39, 0.29) is 6.04 Å². The van der Waals surface area contributed by atoms with Crippen LogP contribution in [0.15, 0.2) is 200 Å². The molecule has 0 radical (unpaired) electrons. The molecule has 0 spiro atoms. The summed E-state index contributed by atoms with van der Waals surface area (Å²) in [5.41, 5.74) is 20.4. The maximum Gasteiger partial charge on any atom is 0.160 e. The van der Waals surface area contributed by atoms with Crippen molar-refractivity contribution in [3.8, 4) is 45.0 Å². The van der Waals surface area contributed by atoms with Crippen molar-refractivity contribution >= 4 is 23.0 Å². The van der Waals surface area contributed by atoms with Gasteiger partial charge in [-0.25, -0.2) is 15.4 Å². The SMILES string of the molecule is C1=C(c2ccccc2)N2NC(c3ccccc3)C(c3ccccc3)=C2c2ccc(-c3nc(-c4ccccc4)cc(-c4ccc(-c5ccccc5)cc4)n3)cc21. The summed E-state index contributed by atoms with van der Waals surface area (Å²) in [7, 11) is 0. The molecule has 1 unspecified atom stereocenters. The van der Waals surface area contributed by atoms with Gasteiger partial charge in [0.15, 0.2) is 5.82 Å². The van der Waals surface area contributed by atoms with Gasteiger partial charge in [0.05, 0.1) is 28.8 Å². The van der Waals surface area contributed by atoms with Crippen molar-refractivity contribution in [3.63, 3.8) is 0 Å². The largest absolute Gasteiger partial charge is 0.274 e. The first-order valence-electron chi connectivity index (χ1n) is 18.7. The van der Waals surface area contributed by atoms with Crippen LogP contribution in [0.5, 0.6) is 0 Å². The minimum absolute atomic E-state index is 0.0435. The molecule has 4 heteroatoms. The van der Waals surface area contributed by atoms with Gasteiger partial charge < -0.3 is 0 Å². The smallest absolute Gasteiger partial charge is 0.160 e. The van der Waals surface area contributed by atoms with E-state index in [2.05, 4.69) is 205 Å². The zero-order valence-corrected chi connectivity index (χ0v) is 30.0. The van der Waals surface area contributed by atoms with E-state index in [0.29, 0.717) is 5.82 Å². The van der Waals surface area contributed by atoms with E-state index in [1.165, 1.54) is 27.8 Å². The molecule has 7 aromatic carbocycles. The second-order valence-electron chi connectivity index (χ2n) is 13.9. The molecule has 1 atom stereocenters. The van der Waals surface area contributed by atoms with Crippen LogP contribution < -0.4 is 5.43 Å². The number of benzene rings is 7. The Morgan fingerprint density at radius 2 is 0.891 bits per heavy atom. The molecule has 3 heterocycles. The van der Waals surface area contributed by atoms with Crippen LogP contribution in [0.25, 0.3) is 68.1 Å². The molecule has 0 fully saturated rings. The average Bonchev–Trinajstić information content (AvgIpc) is 3.68. The highest BCUT2D eigenvalue weighted by Crippen LogP contribution is 2.50. The molecule has 2 aliphatic heterocycles. The first kappa shape index (κ1) is 32.5. The highest BCUT2D eigenvalue weighted by atomic mass is 15.6. The van der Waals surface area contributed by atoms with Crippen LogP contribution in [0.3, 0.4) is 0 Å². The molecule has 55 heavy (non-hydrogen) atoms. The Hall–Kier alpha value is -7.14. The lowest BCUT2D eigenvalue weighted by atomic mass is 9.87. The maximum atomic E-state index is 5.24. The third kappa shape index (κ3) is 6.15. The summed E-state index contributed by atoms with van der Waals surface area (Å²) < 4.78 is 0. The van der Waals surface area contributed by atoms with Crippen molar-refractivity contribution in [2.75, 3.05) is 0 Å². The zero-order valence-electron chi connectivity index (χ0n) is 30.0. The summed E-state index contributed by atoms with van der Waals surface area (Å²) in [6.07, 6.45) is 2.30. The standard InChI is InChI=1S/C51H36N4/c1-6-16-35(17-7-1)36-26-28-38(29-27-36)46-34-45(37-18-8-2-9-19-37)52-51(53-46)42-30-31-44-43(32-42)33-47(39-20-10-3-11-21-39)55-50(44)48(40-22-12-4-13-23-40)49(54-55)41-24-14-5-15-25-41/h1-34,49,54H. The van der Waals surface area contributed by atoms with Crippen LogP contribution >= 0.6 is 0 Å². The summed E-state index contributed by atoms with van der Waals surface area (Å²) in [4.78, 5) is 10.4. The predicted octanol–water partition coefficient (Wildman–Crippen LogP) is 12.1. The fourth-order valence-electron chi connectivity index (χ4n) is 7.79. The van der Waals surface area contributed by atoms with Gasteiger partial charge in [0, 0.05) is 27.8 Å². The van der Waals surface area contributed by atoms with Gasteiger partial charge in [0.1, 0.15) is 0 Å². The van der Waals surface area contributed by atoms with E-state index >= 15 is 0 Å². The highest BCUT2D eigenvalue weighted by Gasteiger charge is 2.38. The Morgan fingerprint density at radius 3 is 1.51 bits per heavy atom. The lowest BCUT2D eigenvalue weighted by Crippen LogP contribution is -2.33. The van der Waals surface area contributed by atoms with Crippen molar-refractivity contribution in [1.82, 2.24) is 20.4 Å². The highest BCUT2D eigenvalue weighted by molar-refractivity contribution is 6.05. The number of nitrogens with zero attached hydrogens (tertiary/aromatic N) is 3. The van der Waals surface area contributed by atoms with Crippen LogP contribution in [-0.2, 0) is 0 Å². The summed E-state index contributed by atoms with van der Waals surface area (Å²) in [5, 5.41) is 2.29. The van der Waals surface area contributed by atoms with Gasteiger partial charge in [-0.3, -0.25) is 5.01 Å². The first-order chi connectivity index (χ1) is 27.3. The Morgan fingerprint density at radius 1 is 0.418 bits per heavy atom. The van der Waals surface area contributed by atoms with Crippen LogP contribution in [0.2, 0.25) is 0 Å². The molecule has 2 aliphatic rings. The number of nitrogens with one attached hydrogen (secondary N) is 1. The molecule has 8 aromatic rings. The number of aromatic nitrogens is 2. The van der Waals surface area contributed by atoms with Crippen LogP contribution in [-0.4, -0.2) is 15.0 Å². The molecule has 0 saturated heterocycles. The minimum Gasteiger partial charge on any atom is -0.274 e. The van der Waals surface area contributed by atoms with Gasteiger partial charge >= 0.3 is 0 Å². The van der Waals surface area contributed by atoms with E-state index in [4.69, 9.17) is 9.97 Å². The van der Waals surface area contributed by atoms with Crippen molar-refractivity contribution < 1.29 is 0 Å². The second kappa shape index (κ2) is 14.0. The van der Waals surface area contributed by atoms with Gasteiger partial charge in [-0.1, -0.05) is 188 Å². The molecule has 4 nitrogen and oxygen atoms in total. The molecule has 0 amide bonds. The predicted molar refractivity (Wildman–Crippen MR) is 226 cm³/mol. The summed E-state index contributed by atoms with van der Waals surface area (Å²) >= 11 is 0. The monoisotopic (exact) mass is 704 g/mol. The topological polar surface area (TPSA) is 41.0 Å². The number of fused-ring (bicyclic) bond motifs is 3. The third-order valence-corrected chi connectivity index (χ3v) is 10.5. The van der Waals surface area contributed by atoms with E-state index < -0.39 is 0 Å². The van der Waals surface area contributed by atoms with Crippen LogP contribution in [0.4, 0.5) is 0 Å². The molecule has 10 rings (SSSR count). The third-order valence-electron chi connectivity index (χ3n) is 10.5. The molecule has 0 aliphatic carbocycles. The van der Waals surface area contributed by atoms with Gasteiger partial charge in [0.2, 0.25) is 0 Å². The van der Waals surface area contributed by atoms with Gasteiger partial charge in [0.25, 0.3) is 0 Å². The van der Waals surface area contributed by atoms with E-state index in [0.717, 1.165) is 56.2 Å². The summed E-state index contributed by atoms with van der Waals surface area (Å²) in [6, 6.07) is 70.4. The van der Waals surface area contributed by atoms with Crippen molar-refractivity contribution in [3.05, 3.63) is 228 Å². The Balaban J connectivity index is 1.15. The quantitative estimate of drug-likeness (QED) is 0.179. The van der Waals surface area contributed by atoms with Crippen molar-refractivity contribution in [1.29, 1.82) is 0 Å². The first-order valence-corrected chi connectivity index (χ1v) is 18.7. The lowest BCUT2D eigenvalue weighted by Gasteiger charge is -2.31. The molecule has 1 N–H and O–H groups in total. The van der Waals surface area contributed by atoms with E-state index in [9.17, 15) is 0 Å². The number of hydrogen-bond donors (Lipinski definition) is 1. The van der Waals surface area contributed by atoms with Crippen LogP contribution in [0, 0.1) is 0 Å². The Bertz CT molecular complexity index is 2690. The summed E-state index contributed by atoms with van der Waals surface area (Å²) in [5.74, 6) is 0.687. The van der Waals surface area contributed by atoms with Gasteiger partial charge in [-0.15, -0.1) is 0 Å². The molecular formula is C51H36N4. The molecule has 1 aromatic heterocycles. The van der Waals surface area contributed by atoms with Gasteiger partial charge in [-0.2, -0.15) is 0 Å². The van der Waals surface area contributed by atoms with Crippen LogP contribution in [0.1, 0.15) is 33.9 Å². The van der Waals surface area contributed by atoms with Crippen molar-refractivity contribution in [2.24, 2.45) is 0 Å². The van der Waals surface area contributed by atoms with E-state index in [1.807, 2.05) is 12.1 Å². The number of hydrogen-bond acceptors (Lipinski definition) is 4. The molecule has 0 bridgehead atoms. The van der Waals surface area contributed by atoms with Crippen molar-refractivity contribution in [2.45, 2.75) is 6.04 Å². The summed E-state index contributed by atoms with van der Waals surface area (Å²) in [6.45, 7) is 0. The molecular weight excluding hydrogens is 669 g/mol. The number of rotatable bonds is 7. The fraction of sp³-hybridized carbons (Fsp3) is 0.0196. The zero-order chi connectivity index (χ0) is 36.6. The van der Waals surface area contributed by atoms with E-state index in [1.54, 1.807) is 0 Å². The average molecular weight is 705 g/mol. The van der Waals surface area contributed by atoms with Gasteiger partial charge in [-0.05, 0) is 51.6 Å². The molecule has 260 valence electrons. The normalized spacial score (nSPS) is 14.7. The second-order valence-corrected chi connectivity index (χ2v) is 13.9. The number of hydrazine groups is 1. The Labute approximate surface area is 321 Å². The Kier molecular flexibility index (Phi) is 8.28. The fourth-order valence-corrected chi connectivity index (χ4v) is 7.79.